The molecule has 0 aliphatic heterocycles. The molecule has 0 fully saturated rings. The minimum absolute atomic E-state index is 0.000463. The number of carbonyl (C=O) groups excluding carboxylic acids is 1. The van der Waals surface area contributed by atoms with Crippen molar-refractivity contribution in [2.75, 3.05) is 0 Å². The van der Waals surface area contributed by atoms with Gasteiger partial charge in [-0.1, -0.05) is 6.58 Å². The molecular formula is C6H8N4O. The van der Waals surface area contributed by atoms with Crippen molar-refractivity contribution in [3.8, 4) is 0 Å². The lowest BCUT2D eigenvalue weighted by Gasteiger charge is -1.93. The van der Waals surface area contributed by atoms with Gasteiger partial charge < -0.3 is 0 Å². The van der Waals surface area contributed by atoms with E-state index < -0.39 is 0 Å². The number of tetrazole rings is 1. The molecule has 0 aromatic carbocycles. The summed E-state index contributed by atoms with van der Waals surface area (Å²) in [4.78, 5) is 10.7. The molecule has 1 aromatic rings. The van der Waals surface area contributed by atoms with Crippen molar-refractivity contribution in [3.63, 3.8) is 0 Å². The number of ketones is 1. The quantitative estimate of drug-likeness (QED) is 0.561. The second-order valence-electron chi connectivity index (χ2n) is 1.99. The molecule has 0 saturated carbocycles. The van der Waals surface area contributed by atoms with Crippen LogP contribution < -0.4 is 0 Å². The molecule has 0 aliphatic rings. The van der Waals surface area contributed by atoms with Crippen LogP contribution in [0.25, 0.3) is 0 Å². The summed E-state index contributed by atoms with van der Waals surface area (Å²) in [6.45, 7) is 3.86. The second-order valence-corrected chi connectivity index (χ2v) is 1.99. The molecule has 0 aliphatic carbocycles. The fraction of sp³-hybridized carbons (Fsp3) is 0.333. The van der Waals surface area contributed by atoms with Gasteiger partial charge in [-0.15, -0.1) is 5.10 Å². The molecule has 0 amide bonds. The van der Waals surface area contributed by atoms with E-state index in [4.69, 9.17) is 0 Å². The standard InChI is InChI=1S/C6H8N4O/c1-2-6(11)3-4-10-5-7-8-9-10/h2,5H,1,3-4H2. The van der Waals surface area contributed by atoms with Crippen molar-refractivity contribution in [2.24, 2.45) is 0 Å². The Morgan fingerprint density at radius 3 is 3.09 bits per heavy atom. The van der Waals surface area contributed by atoms with Gasteiger partial charge in [-0.3, -0.25) is 4.79 Å². The highest BCUT2D eigenvalue weighted by Crippen LogP contribution is 1.87. The molecule has 5 heteroatoms. The smallest absolute Gasteiger partial charge is 0.156 e. The number of carbonyl (C=O) groups is 1. The third-order valence-electron chi connectivity index (χ3n) is 1.21. The summed E-state index contributed by atoms with van der Waals surface area (Å²) in [5, 5.41) is 10.4. The molecule has 11 heavy (non-hydrogen) atoms. The Morgan fingerprint density at radius 1 is 1.73 bits per heavy atom. The summed E-state index contributed by atoms with van der Waals surface area (Å²) >= 11 is 0. The first-order valence-corrected chi connectivity index (χ1v) is 3.19. The Kier molecular flexibility index (Phi) is 2.48. The van der Waals surface area contributed by atoms with Crippen LogP contribution in [0.15, 0.2) is 19.0 Å². The van der Waals surface area contributed by atoms with E-state index in [0.717, 1.165) is 0 Å². The van der Waals surface area contributed by atoms with E-state index >= 15 is 0 Å². The summed E-state index contributed by atoms with van der Waals surface area (Å²) in [7, 11) is 0. The van der Waals surface area contributed by atoms with Crippen LogP contribution in [0.3, 0.4) is 0 Å². The normalized spacial score (nSPS) is 9.45. The predicted molar refractivity (Wildman–Crippen MR) is 37.6 cm³/mol. The zero-order chi connectivity index (χ0) is 8.10. The topological polar surface area (TPSA) is 60.7 Å². The van der Waals surface area contributed by atoms with Crippen molar-refractivity contribution in [2.45, 2.75) is 13.0 Å². The number of allylic oxidation sites excluding steroid dienone is 1. The molecule has 1 rings (SSSR count). The lowest BCUT2D eigenvalue weighted by Crippen LogP contribution is -2.03. The maximum atomic E-state index is 10.7. The van der Waals surface area contributed by atoms with Gasteiger partial charge in [0.25, 0.3) is 0 Å². The molecule has 0 N–H and O–H groups in total. The van der Waals surface area contributed by atoms with Crippen molar-refractivity contribution < 1.29 is 4.79 Å². The molecule has 0 bridgehead atoms. The highest BCUT2D eigenvalue weighted by Gasteiger charge is 1.96. The van der Waals surface area contributed by atoms with Crippen LogP contribution in [0.2, 0.25) is 0 Å². The van der Waals surface area contributed by atoms with Crippen molar-refractivity contribution >= 4 is 5.78 Å². The maximum absolute atomic E-state index is 10.7. The molecular weight excluding hydrogens is 144 g/mol. The van der Waals surface area contributed by atoms with Gasteiger partial charge in [-0.25, -0.2) is 4.68 Å². The average Bonchev–Trinajstić information content (AvgIpc) is 2.52. The van der Waals surface area contributed by atoms with Gasteiger partial charge in [0, 0.05) is 6.42 Å². The lowest BCUT2D eigenvalue weighted by molar-refractivity contribution is -0.114. The Balaban J connectivity index is 2.34. The number of rotatable bonds is 4. The number of nitrogens with zero attached hydrogens (tertiary/aromatic N) is 4. The molecule has 1 aromatic heterocycles. The average molecular weight is 152 g/mol. The number of hydrogen-bond acceptors (Lipinski definition) is 4. The molecule has 0 atom stereocenters. The Bertz CT molecular complexity index is 241. The van der Waals surface area contributed by atoms with Gasteiger partial charge >= 0.3 is 0 Å². The second kappa shape index (κ2) is 3.60. The zero-order valence-corrected chi connectivity index (χ0v) is 5.97. The third kappa shape index (κ3) is 2.29. The molecule has 1 heterocycles. The van der Waals surface area contributed by atoms with E-state index in [1.165, 1.54) is 17.1 Å². The van der Waals surface area contributed by atoms with Gasteiger partial charge in [0.05, 0.1) is 6.54 Å². The van der Waals surface area contributed by atoms with Crippen molar-refractivity contribution in [1.82, 2.24) is 20.2 Å². The van der Waals surface area contributed by atoms with Crippen LogP contribution in [-0.2, 0) is 11.3 Å². The SMILES string of the molecule is C=CC(=O)CCn1cnnn1. The van der Waals surface area contributed by atoms with Gasteiger partial charge in [-0.05, 0) is 16.5 Å². The number of hydrogen-bond donors (Lipinski definition) is 0. The van der Waals surface area contributed by atoms with E-state index in [0.29, 0.717) is 13.0 Å². The third-order valence-corrected chi connectivity index (χ3v) is 1.21. The first-order chi connectivity index (χ1) is 5.33. The van der Waals surface area contributed by atoms with Crippen LogP contribution in [-0.4, -0.2) is 26.0 Å². The summed E-state index contributed by atoms with van der Waals surface area (Å²) in [6.07, 6.45) is 3.16. The first-order valence-electron chi connectivity index (χ1n) is 3.19. The fourth-order valence-electron chi connectivity index (χ4n) is 0.610. The maximum Gasteiger partial charge on any atom is 0.156 e. The highest BCUT2D eigenvalue weighted by molar-refractivity contribution is 5.88. The first kappa shape index (κ1) is 7.59. The lowest BCUT2D eigenvalue weighted by atomic mass is 10.3. The highest BCUT2D eigenvalue weighted by atomic mass is 16.1. The Hall–Kier alpha value is -1.52. The van der Waals surface area contributed by atoms with Crippen LogP contribution in [0.5, 0.6) is 0 Å². The summed E-state index contributed by atoms with van der Waals surface area (Å²) in [5.41, 5.74) is 0. The van der Waals surface area contributed by atoms with Crippen LogP contribution in [0.4, 0.5) is 0 Å². The van der Waals surface area contributed by atoms with E-state index in [1.807, 2.05) is 0 Å². The monoisotopic (exact) mass is 152 g/mol. The molecule has 5 nitrogen and oxygen atoms in total. The van der Waals surface area contributed by atoms with E-state index in [1.54, 1.807) is 0 Å². The van der Waals surface area contributed by atoms with Crippen molar-refractivity contribution in [1.29, 1.82) is 0 Å². The Labute approximate surface area is 63.7 Å². The number of aryl methyl sites for hydroxylation is 1. The predicted octanol–water partition coefficient (Wildman–Crippen LogP) is -0.182. The molecule has 58 valence electrons. The minimum atomic E-state index is 0.000463. The van der Waals surface area contributed by atoms with Crippen LogP contribution >= 0.6 is 0 Å². The molecule has 0 radical (unpaired) electrons. The van der Waals surface area contributed by atoms with Crippen molar-refractivity contribution in [3.05, 3.63) is 19.0 Å². The largest absolute Gasteiger partial charge is 0.295 e. The van der Waals surface area contributed by atoms with Crippen LogP contribution in [0.1, 0.15) is 6.42 Å². The Morgan fingerprint density at radius 2 is 2.55 bits per heavy atom. The number of aromatic nitrogens is 4. The molecule has 0 saturated heterocycles. The van der Waals surface area contributed by atoms with E-state index in [-0.39, 0.29) is 5.78 Å². The van der Waals surface area contributed by atoms with E-state index in [2.05, 4.69) is 22.1 Å². The van der Waals surface area contributed by atoms with Gasteiger partial charge in [0.15, 0.2) is 5.78 Å². The summed E-state index contributed by atoms with van der Waals surface area (Å²) in [5.74, 6) is 0.000463. The summed E-state index contributed by atoms with van der Waals surface area (Å²) < 4.78 is 1.50. The van der Waals surface area contributed by atoms with Gasteiger partial charge in [0.1, 0.15) is 6.33 Å². The van der Waals surface area contributed by atoms with Gasteiger partial charge in [0.2, 0.25) is 0 Å². The molecule has 0 spiro atoms. The minimum Gasteiger partial charge on any atom is -0.295 e. The van der Waals surface area contributed by atoms with E-state index in [9.17, 15) is 4.79 Å². The van der Waals surface area contributed by atoms with Crippen LogP contribution in [0, 0.1) is 0 Å². The summed E-state index contributed by atoms with van der Waals surface area (Å²) in [6, 6.07) is 0. The fourth-order valence-corrected chi connectivity index (χ4v) is 0.610. The zero-order valence-electron chi connectivity index (χ0n) is 5.97. The molecule has 0 unspecified atom stereocenters. The van der Waals surface area contributed by atoms with Gasteiger partial charge in [-0.2, -0.15) is 0 Å².